The molecule has 1 aliphatic heterocycles. The number of phosphoric ester groups is 1. The normalized spacial score (nSPS) is 31.3. The van der Waals surface area contributed by atoms with Crippen LogP contribution in [0.15, 0.2) is 0 Å². The SMILES string of the molecule is O=P(O)(OCCNC[C@H](O)[C@@H](O)[C@H](O[C@@H]1O[C@H](CO)[C@H](O)[C@H](O)[C@H]1O)[C@H](O)CO)OCC(O)CO. The number of hydrogen-bond acceptors (Lipinski definition) is 16. The molecule has 12 N–H and O–H groups in total. The van der Waals surface area contributed by atoms with E-state index >= 15 is 0 Å². The second kappa shape index (κ2) is 15.8. The van der Waals surface area contributed by atoms with Crippen molar-refractivity contribution in [2.24, 2.45) is 0 Å². The molecule has 1 aliphatic rings. The van der Waals surface area contributed by atoms with Gasteiger partial charge in [-0.3, -0.25) is 9.05 Å². The Morgan fingerprint density at radius 2 is 1.57 bits per heavy atom. The first kappa shape index (κ1) is 32.6. The topological polar surface area (TPSA) is 289 Å². The van der Waals surface area contributed by atoms with E-state index in [4.69, 9.17) is 19.7 Å². The summed E-state index contributed by atoms with van der Waals surface area (Å²) in [4.78, 5) is 9.42. The zero-order chi connectivity index (χ0) is 26.8. The summed E-state index contributed by atoms with van der Waals surface area (Å²) in [6.45, 7) is -3.96. The minimum Gasteiger partial charge on any atom is -0.394 e. The highest BCUT2D eigenvalue weighted by atomic mass is 31.2. The summed E-state index contributed by atoms with van der Waals surface area (Å²) in [5.74, 6) is 0. The molecule has 11 atom stereocenters. The summed E-state index contributed by atoms with van der Waals surface area (Å²) in [5, 5.41) is 99.1. The van der Waals surface area contributed by atoms with Crippen LogP contribution >= 0.6 is 7.82 Å². The summed E-state index contributed by atoms with van der Waals surface area (Å²) in [6.07, 6.45) is -16.9. The molecule has 1 heterocycles. The molecular formula is C17H36NO16P. The fourth-order valence-electron chi connectivity index (χ4n) is 2.93. The molecule has 0 aliphatic carbocycles. The van der Waals surface area contributed by atoms with Crippen LogP contribution in [0.1, 0.15) is 0 Å². The molecule has 17 nitrogen and oxygen atoms in total. The molecule has 0 radical (unpaired) electrons. The fourth-order valence-corrected chi connectivity index (χ4v) is 3.69. The van der Waals surface area contributed by atoms with Gasteiger partial charge in [0.15, 0.2) is 6.29 Å². The maximum absolute atomic E-state index is 11.6. The number of hydrogen-bond donors (Lipinski definition) is 12. The third-order valence-corrected chi connectivity index (χ3v) is 5.95. The largest absolute Gasteiger partial charge is 0.472 e. The first-order valence-electron chi connectivity index (χ1n) is 10.6. The van der Waals surface area contributed by atoms with E-state index in [-0.39, 0.29) is 13.1 Å². The number of rotatable bonds is 17. The first-order valence-corrected chi connectivity index (χ1v) is 12.1. The molecular weight excluding hydrogens is 505 g/mol. The molecule has 1 saturated heterocycles. The average Bonchev–Trinajstić information content (AvgIpc) is 2.84. The Morgan fingerprint density at radius 3 is 2.14 bits per heavy atom. The maximum atomic E-state index is 11.6. The van der Waals surface area contributed by atoms with E-state index in [9.17, 15) is 50.3 Å². The van der Waals surface area contributed by atoms with Gasteiger partial charge in [0, 0.05) is 13.1 Å². The number of phosphoric acid groups is 1. The molecule has 35 heavy (non-hydrogen) atoms. The second-order valence-electron chi connectivity index (χ2n) is 7.74. The van der Waals surface area contributed by atoms with Crippen LogP contribution in [0.2, 0.25) is 0 Å². The van der Waals surface area contributed by atoms with Crippen molar-refractivity contribution in [3.63, 3.8) is 0 Å². The minimum absolute atomic E-state index is 0.138. The number of aliphatic hydroxyl groups is 10. The van der Waals surface area contributed by atoms with Gasteiger partial charge in [-0.25, -0.2) is 4.57 Å². The Kier molecular flexibility index (Phi) is 14.7. The molecule has 210 valence electrons. The summed E-state index contributed by atoms with van der Waals surface area (Å²) in [5.41, 5.74) is 0. The Morgan fingerprint density at radius 1 is 0.914 bits per heavy atom. The Balaban J connectivity index is 2.59. The first-order chi connectivity index (χ1) is 16.4. The molecule has 0 aromatic heterocycles. The van der Waals surface area contributed by atoms with E-state index in [1.54, 1.807) is 0 Å². The minimum atomic E-state index is -4.52. The lowest BCUT2D eigenvalue weighted by Gasteiger charge is -2.42. The van der Waals surface area contributed by atoms with E-state index in [1.165, 1.54) is 0 Å². The zero-order valence-corrected chi connectivity index (χ0v) is 19.5. The Bertz CT molecular complexity index is 631. The summed E-state index contributed by atoms with van der Waals surface area (Å²) < 4.78 is 31.0. The molecule has 1 fully saturated rings. The van der Waals surface area contributed by atoms with E-state index < -0.39 is 102 Å². The quantitative estimate of drug-likeness (QED) is 0.0601. The van der Waals surface area contributed by atoms with Crippen molar-refractivity contribution in [3.05, 3.63) is 0 Å². The van der Waals surface area contributed by atoms with Crippen molar-refractivity contribution in [2.45, 2.75) is 61.2 Å². The Hall–Kier alpha value is -0.410. The third-order valence-electron chi connectivity index (χ3n) is 4.96. The third kappa shape index (κ3) is 10.5. The molecule has 0 amide bonds. The number of aliphatic hydroxyl groups excluding tert-OH is 10. The summed E-state index contributed by atoms with van der Waals surface area (Å²) >= 11 is 0. The van der Waals surface area contributed by atoms with E-state index in [0.717, 1.165) is 0 Å². The predicted molar refractivity (Wildman–Crippen MR) is 111 cm³/mol. The monoisotopic (exact) mass is 541 g/mol. The molecule has 18 heteroatoms. The molecule has 0 aromatic carbocycles. The fraction of sp³-hybridized carbons (Fsp3) is 1.00. The lowest BCUT2D eigenvalue weighted by Crippen LogP contribution is -2.61. The van der Waals surface area contributed by atoms with Gasteiger partial charge in [0.1, 0.15) is 48.8 Å². The Labute approximate surface area is 200 Å². The lowest BCUT2D eigenvalue weighted by atomic mass is 9.98. The van der Waals surface area contributed by atoms with Crippen molar-refractivity contribution in [1.29, 1.82) is 0 Å². The van der Waals surface area contributed by atoms with Crippen LogP contribution in [0.3, 0.4) is 0 Å². The van der Waals surface area contributed by atoms with Crippen molar-refractivity contribution in [1.82, 2.24) is 5.32 Å². The van der Waals surface area contributed by atoms with Gasteiger partial charge < -0.3 is 70.7 Å². The summed E-state index contributed by atoms with van der Waals surface area (Å²) in [7, 11) is -4.52. The van der Waals surface area contributed by atoms with Crippen LogP contribution in [-0.2, 0) is 23.1 Å². The second-order valence-corrected chi connectivity index (χ2v) is 9.20. The van der Waals surface area contributed by atoms with Crippen LogP contribution in [-0.4, -0.2) is 163 Å². The van der Waals surface area contributed by atoms with E-state index in [1.807, 2.05) is 0 Å². The van der Waals surface area contributed by atoms with Crippen LogP contribution in [0.4, 0.5) is 0 Å². The van der Waals surface area contributed by atoms with Crippen molar-refractivity contribution >= 4 is 7.82 Å². The van der Waals surface area contributed by atoms with Crippen LogP contribution in [0, 0.1) is 0 Å². The smallest absolute Gasteiger partial charge is 0.394 e. The molecule has 0 saturated carbocycles. The van der Waals surface area contributed by atoms with Gasteiger partial charge in [0.2, 0.25) is 0 Å². The van der Waals surface area contributed by atoms with Gasteiger partial charge in [-0.1, -0.05) is 0 Å². The van der Waals surface area contributed by atoms with Gasteiger partial charge in [0.25, 0.3) is 0 Å². The number of ether oxygens (including phenoxy) is 2. The van der Waals surface area contributed by atoms with E-state index in [2.05, 4.69) is 14.4 Å². The van der Waals surface area contributed by atoms with Gasteiger partial charge in [-0.2, -0.15) is 0 Å². The zero-order valence-electron chi connectivity index (χ0n) is 18.6. The van der Waals surface area contributed by atoms with Gasteiger partial charge in [0.05, 0.1) is 39.1 Å². The highest BCUT2D eigenvalue weighted by molar-refractivity contribution is 7.47. The molecule has 1 rings (SSSR count). The van der Waals surface area contributed by atoms with Crippen LogP contribution < -0.4 is 5.32 Å². The molecule has 2 unspecified atom stereocenters. The molecule has 0 aromatic rings. The highest BCUT2D eigenvalue weighted by Gasteiger charge is 2.46. The van der Waals surface area contributed by atoms with Crippen molar-refractivity contribution < 1.29 is 79.0 Å². The lowest BCUT2D eigenvalue weighted by molar-refractivity contribution is -0.327. The highest BCUT2D eigenvalue weighted by Crippen LogP contribution is 2.42. The summed E-state index contributed by atoms with van der Waals surface area (Å²) in [6, 6.07) is 0. The van der Waals surface area contributed by atoms with Crippen LogP contribution in [0.5, 0.6) is 0 Å². The van der Waals surface area contributed by atoms with Crippen LogP contribution in [0.25, 0.3) is 0 Å². The molecule has 0 bridgehead atoms. The van der Waals surface area contributed by atoms with Crippen molar-refractivity contribution in [2.75, 3.05) is 46.1 Å². The van der Waals surface area contributed by atoms with Crippen molar-refractivity contribution in [3.8, 4) is 0 Å². The van der Waals surface area contributed by atoms with Gasteiger partial charge >= 0.3 is 7.82 Å². The predicted octanol–water partition coefficient (Wildman–Crippen LogP) is -6.68. The number of nitrogens with one attached hydrogen (secondary N) is 1. The van der Waals surface area contributed by atoms with E-state index in [0.29, 0.717) is 0 Å². The standard InChI is InChI=1S/C17H36NO16P/c19-4-8(22)7-32-35(29,30)31-2-1-18-3-9(23)12(25)16(10(24)5-20)34-17-15(28)14(27)13(26)11(6-21)33-17/h8-28H,1-7H2,(H,29,30)/t8?,9-,10+,11+,12+,13-,14-,15+,16+,17-/m0/s1. The molecule has 0 spiro atoms. The maximum Gasteiger partial charge on any atom is 0.472 e. The van der Waals surface area contributed by atoms with Gasteiger partial charge in [-0.05, 0) is 0 Å². The van der Waals surface area contributed by atoms with Gasteiger partial charge in [-0.15, -0.1) is 0 Å². The average molecular weight is 541 g/mol.